The molecule has 0 aromatic rings. The molecule has 0 aliphatic carbocycles. The standard InChI is InChI=1S/C18H36O3/c1-3-4-5-6-7-8-9-10-11-12-15-20-18-14-13-17(19)16(2)21-18/h16-19H,3-15H2,1-2H3/t16-,17?,18?/m0/s1. The molecule has 3 heteroatoms. The van der Waals surface area contributed by atoms with Crippen molar-refractivity contribution in [1.29, 1.82) is 0 Å². The molecule has 0 aromatic carbocycles. The lowest BCUT2D eigenvalue weighted by atomic mass is 10.1. The third-order valence-electron chi connectivity index (χ3n) is 4.41. The zero-order valence-electron chi connectivity index (χ0n) is 14.2. The van der Waals surface area contributed by atoms with E-state index in [1.54, 1.807) is 0 Å². The van der Waals surface area contributed by atoms with Crippen LogP contribution in [-0.2, 0) is 9.47 Å². The Morgan fingerprint density at radius 2 is 1.48 bits per heavy atom. The maximum absolute atomic E-state index is 9.58. The Morgan fingerprint density at radius 1 is 0.905 bits per heavy atom. The summed E-state index contributed by atoms with van der Waals surface area (Å²) in [5.41, 5.74) is 0. The van der Waals surface area contributed by atoms with Crippen LogP contribution in [0.4, 0.5) is 0 Å². The summed E-state index contributed by atoms with van der Waals surface area (Å²) in [5.74, 6) is 0. The van der Waals surface area contributed by atoms with E-state index in [0.717, 1.165) is 25.9 Å². The molecule has 0 amide bonds. The van der Waals surface area contributed by atoms with E-state index in [2.05, 4.69) is 6.92 Å². The summed E-state index contributed by atoms with van der Waals surface area (Å²) in [6.45, 7) is 4.98. The van der Waals surface area contributed by atoms with Gasteiger partial charge in [-0.25, -0.2) is 0 Å². The first-order valence-corrected chi connectivity index (χ1v) is 9.19. The molecular weight excluding hydrogens is 264 g/mol. The Bertz CT molecular complexity index is 233. The molecule has 1 fully saturated rings. The SMILES string of the molecule is CCCCCCCCCCCCOC1CCC(O)[C@H](C)O1. The van der Waals surface area contributed by atoms with Gasteiger partial charge in [0.2, 0.25) is 0 Å². The highest BCUT2D eigenvalue weighted by molar-refractivity contribution is 4.71. The molecule has 0 bridgehead atoms. The van der Waals surface area contributed by atoms with E-state index in [0.29, 0.717) is 0 Å². The lowest BCUT2D eigenvalue weighted by molar-refractivity contribution is -0.217. The fourth-order valence-electron chi connectivity index (χ4n) is 2.87. The molecule has 1 rings (SSSR count). The normalized spacial score (nSPS) is 26.1. The zero-order valence-corrected chi connectivity index (χ0v) is 14.2. The summed E-state index contributed by atoms with van der Waals surface area (Å²) in [6, 6.07) is 0. The van der Waals surface area contributed by atoms with E-state index in [4.69, 9.17) is 9.47 Å². The Balaban J connectivity index is 1.80. The van der Waals surface area contributed by atoms with Gasteiger partial charge in [0.1, 0.15) is 0 Å². The molecule has 1 aliphatic rings. The van der Waals surface area contributed by atoms with Gasteiger partial charge in [0.05, 0.1) is 12.2 Å². The minimum absolute atomic E-state index is 0.0866. The molecular formula is C18H36O3. The van der Waals surface area contributed by atoms with E-state index < -0.39 is 0 Å². The van der Waals surface area contributed by atoms with Crippen LogP contribution >= 0.6 is 0 Å². The van der Waals surface area contributed by atoms with Crippen molar-refractivity contribution >= 4 is 0 Å². The Labute approximate surface area is 131 Å². The predicted molar refractivity (Wildman–Crippen MR) is 87.4 cm³/mol. The van der Waals surface area contributed by atoms with Gasteiger partial charge in [-0.3, -0.25) is 0 Å². The van der Waals surface area contributed by atoms with Crippen molar-refractivity contribution in [2.75, 3.05) is 6.61 Å². The third kappa shape index (κ3) is 9.49. The van der Waals surface area contributed by atoms with Gasteiger partial charge in [-0.2, -0.15) is 0 Å². The summed E-state index contributed by atoms with van der Waals surface area (Å²) in [4.78, 5) is 0. The lowest BCUT2D eigenvalue weighted by Gasteiger charge is -2.31. The topological polar surface area (TPSA) is 38.7 Å². The number of aliphatic hydroxyl groups is 1. The molecule has 126 valence electrons. The average Bonchev–Trinajstić information content (AvgIpc) is 2.48. The molecule has 2 unspecified atom stereocenters. The van der Waals surface area contributed by atoms with Crippen LogP contribution < -0.4 is 0 Å². The van der Waals surface area contributed by atoms with Gasteiger partial charge >= 0.3 is 0 Å². The monoisotopic (exact) mass is 300 g/mol. The van der Waals surface area contributed by atoms with Gasteiger partial charge < -0.3 is 14.6 Å². The third-order valence-corrected chi connectivity index (χ3v) is 4.41. The van der Waals surface area contributed by atoms with Gasteiger partial charge in [0.15, 0.2) is 6.29 Å². The average molecular weight is 300 g/mol. The minimum atomic E-state index is -0.317. The van der Waals surface area contributed by atoms with Crippen LogP contribution in [0.2, 0.25) is 0 Å². The second-order valence-corrected chi connectivity index (χ2v) is 6.47. The molecule has 1 N–H and O–H groups in total. The summed E-state index contributed by atoms with van der Waals surface area (Å²) < 4.78 is 11.4. The number of hydrogen-bond acceptors (Lipinski definition) is 3. The quantitative estimate of drug-likeness (QED) is 0.526. The van der Waals surface area contributed by atoms with Crippen LogP contribution in [0.25, 0.3) is 0 Å². The first-order valence-electron chi connectivity index (χ1n) is 9.19. The number of rotatable bonds is 12. The molecule has 21 heavy (non-hydrogen) atoms. The minimum Gasteiger partial charge on any atom is -0.390 e. The fraction of sp³-hybridized carbons (Fsp3) is 1.00. The molecule has 1 saturated heterocycles. The second kappa shape index (κ2) is 12.4. The van der Waals surface area contributed by atoms with E-state index in [-0.39, 0.29) is 18.5 Å². The molecule has 0 radical (unpaired) electrons. The predicted octanol–water partition coefficient (Wildman–Crippen LogP) is 4.81. The molecule has 3 nitrogen and oxygen atoms in total. The number of unbranched alkanes of at least 4 members (excludes halogenated alkanes) is 9. The lowest BCUT2D eigenvalue weighted by Crippen LogP contribution is -2.38. The van der Waals surface area contributed by atoms with E-state index >= 15 is 0 Å². The summed E-state index contributed by atoms with van der Waals surface area (Å²) >= 11 is 0. The Morgan fingerprint density at radius 3 is 2.05 bits per heavy atom. The van der Waals surface area contributed by atoms with E-state index in [1.807, 2.05) is 6.92 Å². The van der Waals surface area contributed by atoms with Crippen molar-refractivity contribution < 1.29 is 14.6 Å². The van der Waals surface area contributed by atoms with Gasteiger partial charge in [0.25, 0.3) is 0 Å². The Hall–Kier alpha value is -0.120. The van der Waals surface area contributed by atoms with Crippen molar-refractivity contribution in [3.63, 3.8) is 0 Å². The zero-order chi connectivity index (χ0) is 15.3. The molecule has 0 aromatic heterocycles. The molecule has 3 atom stereocenters. The van der Waals surface area contributed by atoms with Crippen molar-refractivity contribution in [3.8, 4) is 0 Å². The van der Waals surface area contributed by atoms with Crippen molar-refractivity contribution in [3.05, 3.63) is 0 Å². The summed E-state index contributed by atoms with van der Waals surface area (Å²) in [6.07, 6.45) is 14.6. The van der Waals surface area contributed by atoms with E-state index in [1.165, 1.54) is 57.8 Å². The number of hydrogen-bond donors (Lipinski definition) is 1. The largest absolute Gasteiger partial charge is 0.390 e. The Kier molecular flexibility index (Phi) is 11.2. The number of ether oxygens (including phenoxy) is 2. The van der Waals surface area contributed by atoms with Crippen LogP contribution in [0.1, 0.15) is 90.9 Å². The summed E-state index contributed by atoms with van der Waals surface area (Å²) in [7, 11) is 0. The highest BCUT2D eigenvalue weighted by Crippen LogP contribution is 2.20. The van der Waals surface area contributed by atoms with Crippen molar-refractivity contribution in [1.82, 2.24) is 0 Å². The van der Waals surface area contributed by atoms with Crippen LogP contribution in [-0.4, -0.2) is 30.2 Å². The van der Waals surface area contributed by atoms with Crippen LogP contribution in [0, 0.1) is 0 Å². The van der Waals surface area contributed by atoms with Gasteiger partial charge in [0, 0.05) is 13.0 Å². The van der Waals surface area contributed by atoms with Gasteiger partial charge in [-0.15, -0.1) is 0 Å². The first-order chi connectivity index (χ1) is 10.2. The van der Waals surface area contributed by atoms with Crippen molar-refractivity contribution in [2.45, 2.75) is 109 Å². The van der Waals surface area contributed by atoms with Crippen LogP contribution in [0.15, 0.2) is 0 Å². The van der Waals surface area contributed by atoms with Crippen LogP contribution in [0.3, 0.4) is 0 Å². The maximum Gasteiger partial charge on any atom is 0.158 e. The molecule has 1 heterocycles. The highest BCUT2D eigenvalue weighted by atomic mass is 16.7. The molecule has 1 aliphatic heterocycles. The maximum atomic E-state index is 9.58. The molecule has 0 spiro atoms. The van der Waals surface area contributed by atoms with Gasteiger partial charge in [-0.1, -0.05) is 64.7 Å². The van der Waals surface area contributed by atoms with Crippen molar-refractivity contribution in [2.24, 2.45) is 0 Å². The second-order valence-electron chi connectivity index (χ2n) is 6.47. The highest BCUT2D eigenvalue weighted by Gasteiger charge is 2.26. The fourth-order valence-corrected chi connectivity index (χ4v) is 2.87. The van der Waals surface area contributed by atoms with Crippen LogP contribution in [0.5, 0.6) is 0 Å². The van der Waals surface area contributed by atoms with Gasteiger partial charge in [-0.05, 0) is 19.8 Å². The first kappa shape index (κ1) is 18.9. The molecule has 0 saturated carbocycles. The summed E-state index contributed by atoms with van der Waals surface area (Å²) in [5, 5.41) is 9.58. The number of aliphatic hydroxyl groups excluding tert-OH is 1. The van der Waals surface area contributed by atoms with E-state index in [9.17, 15) is 5.11 Å². The smallest absolute Gasteiger partial charge is 0.158 e.